The van der Waals surface area contributed by atoms with Crippen molar-refractivity contribution in [2.24, 2.45) is 0 Å². The largest absolute Gasteiger partial charge is 0.411 e. The Hall–Kier alpha value is -3.35. The molecular weight excluding hydrogens is 416 g/mol. The second-order valence-corrected chi connectivity index (χ2v) is 7.41. The Morgan fingerprint density at radius 2 is 1.19 bits per heavy atom. The van der Waals surface area contributed by atoms with E-state index in [9.17, 15) is 26.3 Å². The highest BCUT2D eigenvalue weighted by atomic mass is 19.4. The number of aromatic nitrogens is 1. The molecular formula is C24H13F6N. The highest BCUT2D eigenvalue weighted by molar-refractivity contribution is 5.93. The maximum Gasteiger partial charge on any atom is 0.411 e. The van der Waals surface area contributed by atoms with Crippen LogP contribution in [0, 0.1) is 0 Å². The van der Waals surface area contributed by atoms with Crippen molar-refractivity contribution in [2.75, 3.05) is 0 Å². The number of benzene rings is 3. The monoisotopic (exact) mass is 429 g/mol. The number of pyridine rings is 1. The summed E-state index contributed by atoms with van der Waals surface area (Å²) in [7, 11) is 0. The van der Waals surface area contributed by atoms with Gasteiger partial charge in [-0.2, -0.15) is 26.3 Å². The molecule has 0 unspecified atom stereocenters. The molecule has 1 heterocycles. The first-order chi connectivity index (χ1) is 14.7. The van der Waals surface area contributed by atoms with E-state index in [-0.39, 0.29) is 16.7 Å². The quantitative estimate of drug-likeness (QED) is 0.290. The van der Waals surface area contributed by atoms with Crippen LogP contribution in [0.1, 0.15) is 11.1 Å². The van der Waals surface area contributed by atoms with Gasteiger partial charge in [0.2, 0.25) is 5.41 Å². The Morgan fingerprint density at radius 3 is 1.94 bits per heavy atom. The molecule has 31 heavy (non-hydrogen) atoms. The lowest BCUT2D eigenvalue weighted by atomic mass is 9.76. The molecule has 1 aromatic heterocycles. The molecule has 0 atom stereocenters. The summed E-state index contributed by atoms with van der Waals surface area (Å²) in [6.07, 6.45) is -11.2. The maximum absolute atomic E-state index is 14.3. The fourth-order valence-corrected chi connectivity index (χ4v) is 4.53. The Labute approximate surface area is 173 Å². The number of fused-ring (bicyclic) bond motifs is 4. The number of hydrogen-bond donors (Lipinski definition) is 0. The van der Waals surface area contributed by atoms with Gasteiger partial charge >= 0.3 is 12.4 Å². The van der Waals surface area contributed by atoms with Gasteiger partial charge in [0.15, 0.2) is 0 Å². The minimum absolute atomic E-state index is 0.0855. The van der Waals surface area contributed by atoms with E-state index < -0.39 is 28.9 Å². The number of para-hydroxylation sites is 1. The van der Waals surface area contributed by atoms with Crippen LogP contribution in [-0.2, 0) is 5.41 Å². The zero-order valence-electron chi connectivity index (χ0n) is 15.7. The van der Waals surface area contributed by atoms with Crippen molar-refractivity contribution >= 4 is 10.9 Å². The molecule has 0 amide bonds. The van der Waals surface area contributed by atoms with Crippen molar-refractivity contribution in [2.45, 2.75) is 17.8 Å². The Balaban J connectivity index is 1.89. The fraction of sp³-hybridized carbons (Fsp3) is 0.125. The van der Waals surface area contributed by atoms with Gasteiger partial charge < -0.3 is 0 Å². The molecule has 1 aliphatic carbocycles. The number of halogens is 6. The van der Waals surface area contributed by atoms with Gasteiger partial charge in [-0.15, -0.1) is 0 Å². The first-order valence-corrected chi connectivity index (χ1v) is 9.39. The molecule has 0 saturated carbocycles. The Bertz CT molecular complexity index is 1310. The normalized spacial score (nSPS) is 15.0. The van der Waals surface area contributed by atoms with Crippen LogP contribution in [0.4, 0.5) is 26.3 Å². The molecule has 4 aromatic rings. The molecule has 5 rings (SSSR count). The zero-order chi connectivity index (χ0) is 22.0. The van der Waals surface area contributed by atoms with Crippen molar-refractivity contribution in [3.63, 3.8) is 0 Å². The van der Waals surface area contributed by atoms with Gasteiger partial charge in [0.1, 0.15) is 0 Å². The van der Waals surface area contributed by atoms with Crippen molar-refractivity contribution in [1.29, 1.82) is 0 Å². The van der Waals surface area contributed by atoms with E-state index in [2.05, 4.69) is 4.98 Å². The van der Waals surface area contributed by atoms with Crippen LogP contribution in [-0.4, -0.2) is 17.3 Å². The number of rotatable bonds is 1. The lowest BCUT2D eigenvalue weighted by Crippen LogP contribution is -2.53. The summed E-state index contributed by atoms with van der Waals surface area (Å²) in [5.74, 6) is 0. The van der Waals surface area contributed by atoms with Crippen LogP contribution in [0.5, 0.6) is 0 Å². The number of nitrogens with zero attached hydrogens (tertiary/aromatic N) is 1. The second-order valence-electron chi connectivity index (χ2n) is 7.41. The lowest BCUT2D eigenvalue weighted by molar-refractivity contribution is -0.287. The van der Waals surface area contributed by atoms with Crippen LogP contribution < -0.4 is 0 Å². The molecule has 0 aliphatic heterocycles. The topological polar surface area (TPSA) is 12.9 Å². The van der Waals surface area contributed by atoms with E-state index in [1.165, 1.54) is 30.3 Å². The first kappa shape index (κ1) is 19.6. The highest BCUT2D eigenvalue weighted by Crippen LogP contribution is 2.64. The van der Waals surface area contributed by atoms with Gasteiger partial charge in [-0.3, -0.25) is 0 Å². The molecule has 0 radical (unpaired) electrons. The molecule has 7 heteroatoms. The van der Waals surface area contributed by atoms with Crippen LogP contribution in [0.2, 0.25) is 0 Å². The molecule has 1 nitrogen and oxygen atoms in total. The summed E-state index contributed by atoms with van der Waals surface area (Å²) >= 11 is 0. The standard InChI is InChI=1S/C24H13F6N/c25-23(26,27)22(24(28,29)30)17-9-3-2-7-15(17)21-16(8-5-10-18(21)22)20-13-12-14-6-1-4-11-19(14)31-20/h1-13H. The first-order valence-electron chi connectivity index (χ1n) is 9.39. The molecule has 0 spiro atoms. The zero-order valence-corrected chi connectivity index (χ0v) is 15.7. The van der Waals surface area contributed by atoms with Crippen molar-refractivity contribution in [3.8, 4) is 22.4 Å². The summed E-state index contributed by atoms with van der Waals surface area (Å²) in [6.45, 7) is 0. The van der Waals surface area contributed by atoms with Gasteiger partial charge in [-0.05, 0) is 34.4 Å². The molecule has 0 N–H and O–H groups in total. The van der Waals surface area contributed by atoms with Gasteiger partial charge in [0.05, 0.1) is 11.2 Å². The van der Waals surface area contributed by atoms with Crippen LogP contribution in [0.25, 0.3) is 33.3 Å². The molecule has 1 aliphatic rings. The number of alkyl halides is 6. The molecule has 156 valence electrons. The summed E-state index contributed by atoms with van der Waals surface area (Å²) in [6, 6.07) is 19.0. The number of hydrogen-bond acceptors (Lipinski definition) is 1. The molecule has 3 aromatic carbocycles. The molecule has 0 saturated heterocycles. The lowest BCUT2D eigenvalue weighted by Gasteiger charge is -2.35. The van der Waals surface area contributed by atoms with Crippen LogP contribution in [0.3, 0.4) is 0 Å². The van der Waals surface area contributed by atoms with Crippen molar-refractivity contribution < 1.29 is 26.3 Å². The smallest absolute Gasteiger partial charge is 0.248 e. The summed E-state index contributed by atoms with van der Waals surface area (Å²) in [4.78, 5) is 4.51. The SMILES string of the molecule is FC(F)(F)C1(C(F)(F)F)c2ccccc2-c2c(-c3ccc4ccccc4n3)cccc21. The van der Waals surface area contributed by atoms with Gasteiger partial charge in [-0.25, -0.2) is 4.98 Å². The summed E-state index contributed by atoms with van der Waals surface area (Å²) in [5, 5.41) is 0.819. The Kier molecular flexibility index (Phi) is 4.00. The van der Waals surface area contributed by atoms with E-state index in [1.807, 2.05) is 12.1 Å². The average molecular weight is 429 g/mol. The summed E-state index contributed by atoms with van der Waals surface area (Å²) < 4.78 is 85.7. The fourth-order valence-electron chi connectivity index (χ4n) is 4.53. The Morgan fingerprint density at radius 1 is 0.581 bits per heavy atom. The third kappa shape index (κ3) is 2.55. The van der Waals surface area contributed by atoms with E-state index in [4.69, 9.17) is 0 Å². The predicted octanol–water partition coefficient (Wildman–Crippen LogP) is 7.29. The second kappa shape index (κ2) is 6.33. The van der Waals surface area contributed by atoms with Gasteiger partial charge in [0, 0.05) is 10.9 Å². The van der Waals surface area contributed by atoms with E-state index in [0.717, 1.165) is 17.5 Å². The van der Waals surface area contributed by atoms with Gasteiger partial charge in [0.25, 0.3) is 0 Å². The van der Waals surface area contributed by atoms with Gasteiger partial charge in [-0.1, -0.05) is 66.7 Å². The van der Waals surface area contributed by atoms with Crippen LogP contribution >= 0.6 is 0 Å². The molecule has 0 fully saturated rings. The van der Waals surface area contributed by atoms with E-state index in [0.29, 0.717) is 11.2 Å². The third-order valence-corrected chi connectivity index (χ3v) is 5.79. The summed E-state index contributed by atoms with van der Waals surface area (Å²) in [5.41, 5.74) is -4.76. The van der Waals surface area contributed by atoms with E-state index >= 15 is 0 Å². The maximum atomic E-state index is 14.3. The third-order valence-electron chi connectivity index (χ3n) is 5.79. The van der Waals surface area contributed by atoms with Crippen molar-refractivity contribution in [1.82, 2.24) is 4.98 Å². The molecule has 0 bridgehead atoms. The predicted molar refractivity (Wildman–Crippen MR) is 106 cm³/mol. The van der Waals surface area contributed by atoms with Crippen molar-refractivity contribution in [3.05, 3.63) is 90.0 Å². The minimum Gasteiger partial charge on any atom is -0.248 e. The highest BCUT2D eigenvalue weighted by Gasteiger charge is 2.75. The van der Waals surface area contributed by atoms with E-state index in [1.54, 1.807) is 24.3 Å². The average Bonchev–Trinajstić information content (AvgIpc) is 3.05. The minimum atomic E-state index is -5.58. The van der Waals surface area contributed by atoms with Crippen LogP contribution in [0.15, 0.2) is 78.9 Å².